The van der Waals surface area contributed by atoms with Crippen LogP contribution in [0, 0.1) is 11.7 Å². The van der Waals surface area contributed by atoms with Crippen molar-refractivity contribution in [3.63, 3.8) is 0 Å². The molecule has 0 amide bonds. The predicted octanol–water partition coefficient (Wildman–Crippen LogP) is 6.40. The van der Waals surface area contributed by atoms with Crippen molar-refractivity contribution in [3.8, 4) is 0 Å². The Labute approximate surface area is 179 Å². The van der Waals surface area contributed by atoms with Crippen LogP contribution in [0.4, 0.5) is 4.39 Å². The zero-order valence-corrected chi connectivity index (χ0v) is 17.5. The monoisotopic (exact) mass is 399 g/mol. The summed E-state index contributed by atoms with van der Waals surface area (Å²) in [5.74, 6) is 2.16. The van der Waals surface area contributed by atoms with Crippen LogP contribution in [0.2, 0.25) is 0 Å². The number of hydrogen-bond acceptors (Lipinski definition) is 1. The molecule has 3 aromatic carbocycles. The summed E-state index contributed by atoms with van der Waals surface area (Å²) >= 11 is 0. The molecule has 0 N–H and O–H groups in total. The third-order valence-corrected chi connectivity index (χ3v) is 7.00. The lowest BCUT2D eigenvalue weighted by molar-refractivity contribution is 0.203. The Kier molecular flexibility index (Phi) is 5.68. The molecule has 1 saturated heterocycles. The fourth-order valence-electron chi connectivity index (χ4n) is 5.08. The first-order chi connectivity index (χ1) is 14.7. The van der Waals surface area contributed by atoms with E-state index in [0.717, 1.165) is 23.8 Å². The normalized spacial score (nSPS) is 22.2. The minimum atomic E-state index is -0.169. The summed E-state index contributed by atoms with van der Waals surface area (Å²) in [6, 6.07) is 27.0. The third-order valence-electron chi connectivity index (χ3n) is 7.00. The number of likely N-dealkylation sites (tertiary alicyclic amines) is 1. The van der Waals surface area contributed by atoms with Gasteiger partial charge in [0.2, 0.25) is 0 Å². The van der Waals surface area contributed by atoms with Gasteiger partial charge >= 0.3 is 0 Å². The maximum Gasteiger partial charge on any atom is 0.123 e. The summed E-state index contributed by atoms with van der Waals surface area (Å²) in [5, 5.41) is 0. The molecule has 1 saturated carbocycles. The largest absolute Gasteiger partial charge is 0.303 e. The lowest BCUT2D eigenvalue weighted by Gasteiger charge is -2.32. The second-order valence-corrected chi connectivity index (χ2v) is 9.13. The van der Waals surface area contributed by atoms with Gasteiger partial charge in [-0.1, -0.05) is 66.7 Å². The molecule has 2 atom stereocenters. The molecular formula is C28H30FN. The maximum atomic E-state index is 13.1. The highest BCUT2D eigenvalue weighted by atomic mass is 19.1. The standard InChI is InChI=1S/C28H30FN/c29-27-12-8-22(9-13-27)18-21-6-10-23(11-7-21)24-14-16-30(17-15-24)20-26-19-28(26)25-4-2-1-3-5-25/h1-13,24,26,28H,14-20H2. The Morgan fingerprint density at radius 3 is 2.03 bits per heavy atom. The average Bonchev–Trinajstić information content (AvgIpc) is 3.56. The first kappa shape index (κ1) is 19.5. The molecular weight excluding hydrogens is 369 g/mol. The molecule has 2 fully saturated rings. The van der Waals surface area contributed by atoms with Crippen molar-refractivity contribution < 1.29 is 4.39 Å². The van der Waals surface area contributed by atoms with Crippen LogP contribution in [0.1, 0.15) is 53.4 Å². The zero-order valence-electron chi connectivity index (χ0n) is 17.5. The van der Waals surface area contributed by atoms with Crippen LogP contribution < -0.4 is 0 Å². The Morgan fingerprint density at radius 1 is 0.733 bits per heavy atom. The van der Waals surface area contributed by atoms with E-state index < -0.39 is 0 Å². The van der Waals surface area contributed by atoms with E-state index in [9.17, 15) is 4.39 Å². The first-order valence-corrected chi connectivity index (χ1v) is 11.4. The van der Waals surface area contributed by atoms with Gasteiger partial charge in [-0.05, 0) is 90.9 Å². The molecule has 0 radical (unpaired) electrons. The Morgan fingerprint density at radius 2 is 1.37 bits per heavy atom. The van der Waals surface area contributed by atoms with E-state index in [2.05, 4.69) is 59.5 Å². The highest BCUT2D eigenvalue weighted by molar-refractivity contribution is 5.31. The summed E-state index contributed by atoms with van der Waals surface area (Å²) in [5.41, 5.74) is 5.46. The van der Waals surface area contributed by atoms with Crippen LogP contribution in [0.5, 0.6) is 0 Å². The molecule has 1 aliphatic heterocycles. The topological polar surface area (TPSA) is 3.24 Å². The molecule has 30 heavy (non-hydrogen) atoms. The third kappa shape index (κ3) is 4.65. The minimum Gasteiger partial charge on any atom is -0.303 e. The van der Waals surface area contributed by atoms with Crippen molar-refractivity contribution in [3.05, 3.63) is 107 Å². The highest BCUT2D eigenvalue weighted by Gasteiger charge is 2.39. The van der Waals surface area contributed by atoms with Gasteiger partial charge < -0.3 is 4.90 Å². The summed E-state index contributed by atoms with van der Waals surface area (Å²) in [4.78, 5) is 2.69. The van der Waals surface area contributed by atoms with E-state index in [1.54, 1.807) is 12.1 Å². The van der Waals surface area contributed by atoms with Crippen LogP contribution in [0.15, 0.2) is 78.9 Å². The molecule has 154 valence electrons. The van der Waals surface area contributed by atoms with E-state index in [1.807, 2.05) is 12.1 Å². The van der Waals surface area contributed by atoms with Gasteiger partial charge in [-0.25, -0.2) is 4.39 Å². The molecule has 1 heterocycles. The van der Waals surface area contributed by atoms with Crippen LogP contribution in [-0.2, 0) is 6.42 Å². The quantitative estimate of drug-likeness (QED) is 0.464. The second-order valence-electron chi connectivity index (χ2n) is 9.13. The molecule has 0 bridgehead atoms. The Hall–Kier alpha value is -2.45. The van der Waals surface area contributed by atoms with Crippen molar-refractivity contribution in [2.45, 2.75) is 37.5 Å². The maximum absolute atomic E-state index is 13.1. The van der Waals surface area contributed by atoms with Crippen LogP contribution in [0.25, 0.3) is 0 Å². The van der Waals surface area contributed by atoms with Gasteiger partial charge in [0.1, 0.15) is 5.82 Å². The molecule has 0 spiro atoms. The molecule has 2 unspecified atom stereocenters. The number of hydrogen-bond donors (Lipinski definition) is 0. The number of benzene rings is 3. The van der Waals surface area contributed by atoms with Gasteiger partial charge in [-0.2, -0.15) is 0 Å². The first-order valence-electron chi connectivity index (χ1n) is 11.4. The molecule has 3 aromatic rings. The average molecular weight is 400 g/mol. The Bertz CT molecular complexity index is 940. The summed E-state index contributed by atoms with van der Waals surface area (Å²) in [6.45, 7) is 3.71. The molecule has 2 heteroatoms. The molecule has 1 nitrogen and oxygen atoms in total. The summed E-state index contributed by atoms with van der Waals surface area (Å²) in [6.07, 6.45) is 4.75. The van der Waals surface area contributed by atoms with Crippen molar-refractivity contribution >= 4 is 0 Å². The van der Waals surface area contributed by atoms with Gasteiger partial charge in [0.15, 0.2) is 0 Å². The zero-order chi connectivity index (χ0) is 20.3. The smallest absolute Gasteiger partial charge is 0.123 e. The van der Waals surface area contributed by atoms with Gasteiger partial charge in [0, 0.05) is 6.54 Å². The van der Waals surface area contributed by atoms with E-state index >= 15 is 0 Å². The van der Waals surface area contributed by atoms with E-state index in [0.29, 0.717) is 5.92 Å². The highest BCUT2D eigenvalue weighted by Crippen LogP contribution is 2.48. The van der Waals surface area contributed by atoms with Crippen molar-refractivity contribution in [2.24, 2.45) is 5.92 Å². The van der Waals surface area contributed by atoms with Crippen LogP contribution in [0.3, 0.4) is 0 Å². The lowest BCUT2D eigenvalue weighted by atomic mass is 9.88. The van der Waals surface area contributed by atoms with E-state index in [-0.39, 0.29) is 5.82 Å². The van der Waals surface area contributed by atoms with Gasteiger partial charge in [0.05, 0.1) is 0 Å². The molecule has 0 aromatic heterocycles. The molecule has 5 rings (SSSR count). The lowest BCUT2D eigenvalue weighted by Crippen LogP contribution is -2.34. The van der Waals surface area contributed by atoms with E-state index in [1.165, 1.54) is 55.6 Å². The molecule has 1 aliphatic carbocycles. The Balaban J connectivity index is 1.10. The summed E-state index contributed by atoms with van der Waals surface area (Å²) < 4.78 is 13.1. The fourth-order valence-corrected chi connectivity index (χ4v) is 5.08. The fraction of sp³-hybridized carbons (Fsp3) is 0.357. The van der Waals surface area contributed by atoms with Gasteiger partial charge in [-0.15, -0.1) is 0 Å². The number of halogens is 1. The van der Waals surface area contributed by atoms with Crippen molar-refractivity contribution in [1.82, 2.24) is 4.90 Å². The predicted molar refractivity (Wildman–Crippen MR) is 121 cm³/mol. The SMILES string of the molecule is Fc1ccc(Cc2ccc(C3CCN(CC4CC4c4ccccc4)CC3)cc2)cc1. The molecule has 2 aliphatic rings. The van der Waals surface area contributed by atoms with Crippen molar-refractivity contribution in [2.75, 3.05) is 19.6 Å². The number of piperidine rings is 1. The van der Waals surface area contributed by atoms with E-state index in [4.69, 9.17) is 0 Å². The minimum absolute atomic E-state index is 0.169. The van der Waals surface area contributed by atoms with Gasteiger partial charge in [-0.3, -0.25) is 0 Å². The number of nitrogens with zero attached hydrogens (tertiary/aromatic N) is 1. The summed E-state index contributed by atoms with van der Waals surface area (Å²) in [7, 11) is 0. The van der Waals surface area contributed by atoms with Crippen molar-refractivity contribution in [1.29, 1.82) is 0 Å². The van der Waals surface area contributed by atoms with Crippen LogP contribution in [-0.4, -0.2) is 24.5 Å². The second kappa shape index (κ2) is 8.73. The van der Waals surface area contributed by atoms with Gasteiger partial charge in [0.25, 0.3) is 0 Å². The van der Waals surface area contributed by atoms with Crippen LogP contribution >= 0.6 is 0 Å². The number of rotatable bonds is 6.